The van der Waals surface area contributed by atoms with E-state index >= 15 is 0 Å². The minimum atomic E-state index is -0.0351. The van der Waals surface area contributed by atoms with Gasteiger partial charge in [-0.05, 0) is 37.3 Å². The minimum absolute atomic E-state index is 0.0351. The fourth-order valence-electron chi connectivity index (χ4n) is 4.06. The van der Waals surface area contributed by atoms with E-state index in [0.29, 0.717) is 38.5 Å². The summed E-state index contributed by atoms with van der Waals surface area (Å²) in [4.78, 5) is 25.9. The summed E-state index contributed by atoms with van der Waals surface area (Å²) in [5.41, 5.74) is 4.12. The number of hydrogen-bond donors (Lipinski definition) is 1. The van der Waals surface area contributed by atoms with Crippen LogP contribution in [0.15, 0.2) is 73.1 Å². The number of rotatable bonds is 6. The Morgan fingerprint density at radius 3 is 2.38 bits per heavy atom. The van der Waals surface area contributed by atoms with Crippen molar-refractivity contribution in [2.75, 3.05) is 37.7 Å². The molecule has 2 aromatic heterocycles. The minimum Gasteiger partial charge on any atom is -0.494 e. The van der Waals surface area contributed by atoms with Crippen LogP contribution >= 0.6 is 0 Å². The van der Waals surface area contributed by atoms with Crippen molar-refractivity contribution in [3.63, 3.8) is 0 Å². The Balaban J connectivity index is 1.23. The average molecular weight is 455 g/mol. The Hall–Kier alpha value is -4.20. The third-order valence-electron chi connectivity index (χ3n) is 5.88. The zero-order valence-corrected chi connectivity index (χ0v) is 19.0. The number of H-pyrrole nitrogens is 1. The summed E-state index contributed by atoms with van der Waals surface area (Å²) in [6.45, 7) is 5.23. The van der Waals surface area contributed by atoms with E-state index in [0.717, 1.165) is 34.1 Å². The summed E-state index contributed by atoms with van der Waals surface area (Å²) in [7, 11) is 0. The molecule has 34 heavy (non-hydrogen) atoms. The molecule has 1 saturated heterocycles. The molecule has 3 heterocycles. The molecule has 4 aromatic rings. The maximum atomic E-state index is 13.0. The van der Waals surface area contributed by atoms with Crippen LogP contribution in [-0.4, -0.2) is 63.8 Å². The molecule has 8 nitrogen and oxygen atoms in total. The number of ether oxygens (including phenoxy) is 1. The lowest BCUT2D eigenvalue weighted by Crippen LogP contribution is -2.49. The predicted molar refractivity (Wildman–Crippen MR) is 131 cm³/mol. The third-order valence-corrected chi connectivity index (χ3v) is 5.88. The van der Waals surface area contributed by atoms with Crippen LogP contribution < -0.4 is 9.64 Å². The van der Waals surface area contributed by atoms with Gasteiger partial charge < -0.3 is 14.5 Å². The van der Waals surface area contributed by atoms with E-state index in [-0.39, 0.29) is 5.91 Å². The number of nitrogens with one attached hydrogen (secondary N) is 1. The normalized spacial score (nSPS) is 13.7. The quantitative estimate of drug-likeness (QED) is 0.476. The van der Waals surface area contributed by atoms with Crippen molar-refractivity contribution in [2.24, 2.45) is 0 Å². The van der Waals surface area contributed by atoms with E-state index in [4.69, 9.17) is 4.74 Å². The van der Waals surface area contributed by atoms with Gasteiger partial charge in [0.2, 0.25) is 0 Å². The SMILES string of the molecule is CCOc1ccc(-c2cc(N3CCN(C(=O)c4cc(-c5ccccc5)n[nH]4)CC3)ncn2)cc1. The molecule has 1 aliphatic rings. The van der Waals surface area contributed by atoms with Crippen LogP contribution in [0.1, 0.15) is 17.4 Å². The number of nitrogens with zero attached hydrogens (tertiary/aromatic N) is 5. The van der Waals surface area contributed by atoms with Crippen LogP contribution in [-0.2, 0) is 0 Å². The van der Waals surface area contributed by atoms with Gasteiger partial charge in [0.15, 0.2) is 0 Å². The number of carbonyl (C=O) groups is 1. The van der Waals surface area contributed by atoms with Crippen molar-refractivity contribution in [1.29, 1.82) is 0 Å². The van der Waals surface area contributed by atoms with E-state index in [1.807, 2.05) is 78.6 Å². The monoisotopic (exact) mass is 454 g/mol. The molecule has 1 N–H and O–H groups in total. The zero-order chi connectivity index (χ0) is 23.3. The second kappa shape index (κ2) is 9.74. The molecular weight excluding hydrogens is 428 g/mol. The highest BCUT2D eigenvalue weighted by molar-refractivity contribution is 5.93. The first kappa shape index (κ1) is 21.6. The molecule has 1 aliphatic heterocycles. The highest BCUT2D eigenvalue weighted by Crippen LogP contribution is 2.24. The van der Waals surface area contributed by atoms with Crippen molar-refractivity contribution in [2.45, 2.75) is 6.92 Å². The van der Waals surface area contributed by atoms with Crippen LogP contribution in [0, 0.1) is 0 Å². The number of anilines is 1. The summed E-state index contributed by atoms with van der Waals surface area (Å²) in [5.74, 6) is 1.67. The summed E-state index contributed by atoms with van der Waals surface area (Å²) in [6.07, 6.45) is 1.59. The van der Waals surface area contributed by atoms with Gasteiger partial charge >= 0.3 is 0 Å². The molecule has 0 radical (unpaired) electrons. The fraction of sp³-hybridized carbons (Fsp3) is 0.231. The number of hydrogen-bond acceptors (Lipinski definition) is 6. The van der Waals surface area contributed by atoms with E-state index in [2.05, 4.69) is 25.1 Å². The van der Waals surface area contributed by atoms with Crippen LogP contribution in [0.25, 0.3) is 22.5 Å². The van der Waals surface area contributed by atoms with Gasteiger partial charge in [-0.15, -0.1) is 0 Å². The molecular formula is C26H26N6O2. The highest BCUT2D eigenvalue weighted by atomic mass is 16.5. The number of benzene rings is 2. The van der Waals surface area contributed by atoms with Gasteiger partial charge in [-0.3, -0.25) is 9.89 Å². The summed E-state index contributed by atoms with van der Waals surface area (Å²) >= 11 is 0. The lowest BCUT2D eigenvalue weighted by molar-refractivity contribution is 0.0740. The molecule has 0 unspecified atom stereocenters. The number of aromatic amines is 1. The largest absolute Gasteiger partial charge is 0.494 e. The molecule has 0 saturated carbocycles. The predicted octanol–water partition coefficient (Wildman–Crippen LogP) is 3.89. The van der Waals surface area contributed by atoms with Crippen LogP contribution in [0.4, 0.5) is 5.82 Å². The molecule has 0 aliphatic carbocycles. The Bertz CT molecular complexity index is 1250. The maximum absolute atomic E-state index is 13.0. The summed E-state index contributed by atoms with van der Waals surface area (Å²) in [5, 5.41) is 7.21. The van der Waals surface area contributed by atoms with Crippen molar-refractivity contribution >= 4 is 11.7 Å². The number of piperazine rings is 1. The van der Waals surface area contributed by atoms with E-state index in [1.165, 1.54) is 0 Å². The van der Waals surface area contributed by atoms with E-state index in [9.17, 15) is 4.79 Å². The van der Waals surface area contributed by atoms with Gasteiger partial charge in [-0.2, -0.15) is 5.10 Å². The standard InChI is InChI=1S/C26H26N6O2/c1-2-34-21-10-8-20(9-11-21)22-17-25(28-18-27-22)31-12-14-32(15-13-31)26(33)24-16-23(29-30-24)19-6-4-3-5-7-19/h3-11,16-18H,2,12-15H2,1H3,(H,29,30). The van der Waals surface area contributed by atoms with Crippen LogP contribution in [0.5, 0.6) is 5.75 Å². The molecule has 8 heteroatoms. The van der Waals surface area contributed by atoms with Gasteiger partial charge in [0.25, 0.3) is 5.91 Å². The average Bonchev–Trinajstić information content (AvgIpc) is 3.40. The Labute approximate surface area is 198 Å². The molecule has 172 valence electrons. The Kier molecular flexibility index (Phi) is 6.20. The molecule has 1 amide bonds. The van der Waals surface area contributed by atoms with Crippen molar-refractivity contribution < 1.29 is 9.53 Å². The highest BCUT2D eigenvalue weighted by Gasteiger charge is 2.24. The second-order valence-corrected chi connectivity index (χ2v) is 8.03. The van der Waals surface area contributed by atoms with Gasteiger partial charge in [0, 0.05) is 43.4 Å². The van der Waals surface area contributed by atoms with Gasteiger partial charge in [-0.25, -0.2) is 9.97 Å². The lowest BCUT2D eigenvalue weighted by Gasteiger charge is -2.35. The molecule has 0 spiro atoms. The molecule has 1 fully saturated rings. The molecule has 0 atom stereocenters. The van der Waals surface area contributed by atoms with E-state index < -0.39 is 0 Å². The van der Waals surface area contributed by atoms with Gasteiger partial charge in [0.1, 0.15) is 23.6 Å². The van der Waals surface area contributed by atoms with E-state index in [1.54, 1.807) is 6.33 Å². The van der Waals surface area contributed by atoms with Crippen LogP contribution in [0.3, 0.4) is 0 Å². The topological polar surface area (TPSA) is 87.2 Å². The van der Waals surface area contributed by atoms with Crippen molar-refractivity contribution in [1.82, 2.24) is 25.1 Å². The third kappa shape index (κ3) is 4.61. The van der Waals surface area contributed by atoms with Crippen molar-refractivity contribution in [3.8, 4) is 28.3 Å². The summed E-state index contributed by atoms with van der Waals surface area (Å²) in [6, 6.07) is 21.5. The summed E-state index contributed by atoms with van der Waals surface area (Å²) < 4.78 is 5.52. The Morgan fingerprint density at radius 1 is 0.912 bits per heavy atom. The van der Waals surface area contributed by atoms with Gasteiger partial charge in [-0.1, -0.05) is 30.3 Å². The number of carbonyl (C=O) groups excluding carboxylic acids is 1. The Morgan fingerprint density at radius 2 is 1.65 bits per heavy atom. The lowest BCUT2D eigenvalue weighted by atomic mass is 10.1. The second-order valence-electron chi connectivity index (χ2n) is 8.03. The van der Waals surface area contributed by atoms with Crippen LogP contribution in [0.2, 0.25) is 0 Å². The molecule has 2 aromatic carbocycles. The first-order valence-electron chi connectivity index (χ1n) is 11.4. The molecule has 5 rings (SSSR count). The van der Waals surface area contributed by atoms with Crippen molar-refractivity contribution in [3.05, 3.63) is 78.8 Å². The maximum Gasteiger partial charge on any atom is 0.272 e. The first-order valence-corrected chi connectivity index (χ1v) is 11.4. The van der Waals surface area contributed by atoms with Gasteiger partial charge in [0.05, 0.1) is 18.0 Å². The molecule has 0 bridgehead atoms. The smallest absolute Gasteiger partial charge is 0.272 e. The number of aromatic nitrogens is 4. The zero-order valence-electron chi connectivity index (χ0n) is 19.0. The fourth-order valence-corrected chi connectivity index (χ4v) is 4.06. The first-order chi connectivity index (χ1) is 16.7. The number of amides is 1.